The second-order valence-corrected chi connectivity index (χ2v) is 7.74. The molecule has 3 rings (SSSR count). The minimum absolute atomic E-state index is 0.529. The number of nitrogens with one attached hydrogen (secondary N) is 1. The van der Waals surface area contributed by atoms with Gasteiger partial charge in [-0.25, -0.2) is 0 Å². The summed E-state index contributed by atoms with van der Waals surface area (Å²) in [7, 11) is 0. The molecule has 0 spiro atoms. The molecule has 1 N–H and O–H groups in total. The summed E-state index contributed by atoms with van der Waals surface area (Å²) < 4.78 is 0. The van der Waals surface area contributed by atoms with Gasteiger partial charge in [-0.15, -0.1) is 0 Å². The lowest BCUT2D eigenvalue weighted by Gasteiger charge is -2.26. The number of thiocarbonyl (C=S) groups is 1. The average Bonchev–Trinajstić information content (AvgIpc) is 2.73. The van der Waals surface area contributed by atoms with Gasteiger partial charge in [-0.05, 0) is 53.4 Å². The van der Waals surface area contributed by atoms with Gasteiger partial charge < -0.3 is 10.2 Å². The number of anilines is 1. The van der Waals surface area contributed by atoms with Crippen molar-refractivity contribution in [2.75, 3.05) is 11.9 Å². The Morgan fingerprint density at radius 2 is 1.39 bits per heavy atom. The van der Waals surface area contributed by atoms with E-state index in [1.54, 1.807) is 0 Å². The summed E-state index contributed by atoms with van der Waals surface area (Å²) >= 11 is 5.77. The van der Waals surface area contributed by atoms with Crippen LogP contribution >= 0.6 is 12.2 Å². The average molecular weight is 389 g/mol. The monoisotopic (exact) mass is 388 g/mol. The maximum atomic E-state index is 5.77. The molecule has 0 aromatic heterocycles. The third-order valence-corrected chi connectivity index (χ3v) is 5.21. The first-order valence-corrected chi connectivity index (χ1v) is 10.3. The van der Waals surface area contributed by atoms with E-state index in [2.05, 4.69) is 103 Å². The van der Waals surface area contributed by atoms with Crippen LogP contribution in [0, 0.1) is 0 Å². The van der Waals surface area contributed by atoms with Gasteiger partial charge in [0.15, 0.2) is 5.11 Å². The van der Waals surface area contributed by atoms with Gasteiger partial charge in [-0.3, -0.25) is 0 Å². The molecule has 0 aliphatic carbocycles. The number of hydrogen-bond donors (Lipinski definition) is 1. The van der Waals surface area contributed by atoms with Crippen LogP contribution in [-0.2, 0) is 13.0 Å². The van der Waals surface area contributed by atoms with Gasteiger partial charge in [-0.1, -0.05) is 86.6 Å². The van der Waals surface area contributed by atoms with Crippen LogP contribution in [0.2, 0.25) is 0 Å². The molecule has 3 aromatic carbocycles. The second-order valence-electron chi connectivity index (χ2n) is 7.35. The Morgan fingerprint density at radius 1 is 0.821 bits per heavy atom. The van der Waals surface area contributed by atoms with Crippen molar-refractivity contribution in [1.29, 1.82) is 0 Å². The number of nitrogens with zero attached hydrogens (tertiary/aromatic N) is 1. The highest BCUT2D eigenvalue weighted by Crippen LogP contribution is 2.18. The molecule has 0 bridgehead atoms. The van der Waals surface area contributed by atoms with Crippen molar-refractivity contribution in [2.45, 2.75) is 32.7 Å². The molecule has 0 unspecified atom stereocenters. The molecule has 0 saturated carbocycles. The normalized spacial score (nSPS) is 10.7. The summed E-state index contributed by atoms with van der Waals surface area (Å²) in [4.78, 5) is 2.24. The first-order chi connectivity index (χ1) is 13.6. The van der Waals surface area contributed by atoms with Crippen molar-refractivity contribution in [3.63, 3.8) is 0 Å². The van der Waals surface area contributed by atoms with Gasteiger partial charge in [0.25, 0.3) is 0 Å². The fraction of sp³-hybridized carbons (Fsp3) is 0.240. The zero-order valence-corrected chi connectivity index (χ0v) is 17.5. The van der Waals surface area contributed by atoms with Crippen molar-refractivity contribution in [3.8, 4) is 0 Å². The van der Waals surface area contributed by atoms with Crippen molar-refractivity contribution in [1.82, 2.24) is 4.90 Å². The van der Waals surface area contributed by atoms with Crippen molar-refractivity contribution < 1.29 is 0 Å². The smallest absolute Gasteiger partial charge is 0.173 e. The molecule has 0 amide bonds. The van der Waals surface area contributed by atoms with Crippen LogP contribution in [0.25, 0.3) is 0 Å². The molecule has 144 valence electrons. The fourth-order valence-corrected chi connectivity index (χ4v) is 3.39. The van der Waals surface area contributed by atoms with E-state index in [4.69, 9.17) is 12.2 Å². The van der Waals surface area contributed by atoms with Gasteiger partial charge in [0.05, 0.1) is 0 Å². The van der Waals surface area contributed by atoms with E-state index in [0.717, 1.165) is 30.3 Å². The van der Waals surface area contributed by atoms with Crippen LogP contribution < -0.4 is 5.32 Å². The summed E-state index contributed by atoms with van der Waals surface area (Å²) in [5.41, 5.74) is 4.95. The zero-order chi connectivity index (χ0) is 19.8. The lowest BCUT2D eigenvalue weighted by atomic mass is 10.0. The quantitative estimate of drug-likeness (QED) is 0.482. The minimum Gasteiger partial charge on any atom is -0.344 e. The van der Waals surface area contributed by atoms with Crippen LogP contribution in [0.15, 0.2) is 84.9 Å². The molecule has 0 saturated heterocycles. The van der Waals surface area contributed by atoms with Crippen LogP contribution in [0.5, 0.6) is 0 Å². The third-order valence-electron chi connectivity index (χ3n) is 4.85. The van der Waals surface area contributed by atoms with E-state index < -0.39 is 0 Å². The van der Waals surface area contributed by atoms with E-state index in [-0.39, 0.29) is 0 Å². The van der Waals surface area contributed by atoms with Crippen molar-refractivity contribution in [3.05, 3.63) is 102 Å². The van der Waals surface area contributed by atoms with E-state index in [9.17, 15) is 0 Å². The van der Waals surface area contributed by atoms with E-state index >= 15 is 0 Å². The lowest BCUT2D eigenvalue weighted by Crippen LogP contribution is -2.35. The van der Waals surface area contributed by atoms with Crippen molar-refractivity contribution in [2.24, 2.45) is 0 Å². The van der Waals surface area contributed by atoms with Gasteiger partial charge in [-0.2, -0.15) is 0 Å². The Kier molecular flexibility index (Phi) is 7.21. The highest BCUT2D eigenvalue weighted by molar-refractivity contribution is 7.80. The molecule has 3 aromatic rings. The minimum atomic E-state index is 0.529. The molecular formula is C25H28N2S. The van der Waals surface area contributed by atoms with Crippen LogP contribution in [0.3, 0.4) is 0 Å². The topological polar surface area (TPSA) is 15.3 Å². The van der Waals surface area contributed by atoms with Crippen LogP contribution in [-0.4, -0.2) is 16.6 Å². The Hall–Kier alpha value is -2.65. The van der Waals surface area contributed by atoms with E-state index in [1.807, 2.05) is 6.07 Å². The summed E-state index contributed by atoms with van der Waals surface area (Å²) in [5, 5.41) is 4.18. The zero-order valence-electron chi connectivity index (χ0n) is 16.6. The second kappa shape index (κ2) is 10.0. The van der Waals surface area contributed by atoms with Gasteiger partial charge in [0, 0.05) is 18.8 Å². The largest absolute Gasteiger partial charge is 0.344 e. The van der Waals surface area contributed by atoms with Gasteiger partial charge >= 0.3 is 0 Å². The first-order valence-electron chi connectivity index (χ1n) is 9.85. The maximum Gasteiger partial charge on any atom is 0.173 e. The maximum absolute atomic E-state index is 5.77. The number of benzene rings is 3. The molecular weight excluding hydrogens is 360 g/mol. The standard InChI is InChI=1S/C25H28N2S/c1-20(2)23-13-15-24(16-14-23)26-25(28)27(19-22-11-7-4-8-12-22)18-17-21-9-5-3-6-10-21/h3-16,20H,17-19H2,1-2H3,(H,26,28). The predicted octanol–water partition coefficient (Wildman–Crippen LogP) is 6.25. The highest BCUT2D eigenvalue weighted by atomic mass is 32.1. The molecule has 0 radical (unpaired) electrons. The Balaban J connectivity index is 1.69. The summed E-state index contributed by atoms with van der Waals surface area (Å²) in [6, 6.07) is 29.6. The number of hydrogen-bond acceptors (Lipinski definition) is 1. The Morgan fingerprint density at radius 3 is 1.96 bits per heavy atom. The predicted molar refractivity (Wildman–Crippen MR) is 124 cm³/mol. The molecule has 0 fully saturated rings. The van der Waals surface area contributed by atoms with Gasteiger partial charge in [0.1, 0.15) is 0 Å². The molecule has 0 aliphatic rings. The van der Waals surface area contributed by atoms with Crippen LogP contribution in [0.1, 0.15) is 36.5 Å². The van der Waals surface area contributed by atoms with Gasteiger partial charge in [0.2, 0.25) is 0 Å². The third kappa shape index (κ3) is 5.93. The number of rotatable bonds is 7. The molecule has 28 heavy (non-hydrogen) atoms. The summed E-state index contributed by atoms with van der Waals surface area (Å²) in [5.74, 6) is 0.529. The van der Waals surface area contributed by atoms with Crippen LogP contribution in [0.4, 0.5) is 5.69 Å². The SMILES string of the molecule is CC(C)c1ccc(NC(=S)N(CCc2ccccc2)Cc2ccccc2)cc1. The van der Waals surface area contributed by atoms with E-state index in [0.29, 0.717) is 5.92 Å². The van der Waals surface area contributed by atoms with Crippen molar-refractivity contribution >= 4 is 23.0 Å². The summed E-state index contributed by atoms with van der Waals surface area (Å²) in [6.07, 6.45) is 0.960. The Bertz CT molecular complexity index is 858. The summed E-state index contributed by atoms with van der Waals surface area (Å²) in [6.45, 7) is 6.08. The molecule has 2 nitrogen and oxygen atoms in total. The molecule has 0 atom stereocenters. The first kappa shape index (κ1) is 20.1. The fourth-order valence-electron chi connectivity index (χ4n) is 3.12. The van der Waals surface area contributed by atoms with E-state index in [1.165, 1.54) is 16.7 Å². The lowest BCUT2D eigenvalue weighted by molar-refractivity contribution is 0.423. The molecule has 0 aliphatic heterocycles. The highest BCUT2D eigenvalue weighted by Gasteiger charge is 2.11. The molecule has 3 heteroatoms. The Labute approximate surface area is 174 Å². The molecule has 0 heterocycles.